The van der Waals surface area contributed by atoms with E-state index >= 15 is 0 Å². The van der Waals surface area contributed by atoms with E-state index < -0.39 is 16.8 Å². The monoisotopic (exact) mass is 297 g/mol. The maximum atomic E-state index is 14.3. The van der Waals surface area contributed by atoms with Crippen molar-refractivity contribution in [3.8, 4) is 0 Å². The minimum absolute atomic E-state index is 0.141. The molecule has 0 aliphatic carbocycles. The average molecular weight is 297 g/mol. The van der Waals surface area contributed by atoms with Gasteiger partial charge >= 0.3 is 0 Å². The normalized spacial score (nSPS) is 12.0. The zero-order chi connectivity index (χ0) is 15.5. The molecule has 0 N–H and O–H groups in total. The van der Waals surface area contributed by atoms with Gasteiger partial charge in [0.15, 0.2) is 0 Å². The first kappa shape index (κ1) is 13.9. The van der Waals surface area contributed by atoms with Gasteiger partial charge < -0.3 is 4.57 Å². The fraction of sp³-hybridized carbons (Fsp3) is 0.0625. The summed E-state index contributed by atoms with van der Waals surface area (Å²) in [6, 6.07) is 12.3. The van der Waals surface area contributed by atoms with Crippen LogP contribution in [0.25, 0.3) is 0 Å². The van der Waals surface area contributed by atoms with Crippen molar-refractivity contribution in [3.05, 3.63) is 94.3 Å². The Hall–Kier alpha value is -3.02. The summed E-state index contributed by atoms with van der Waals surface area (Å²) in [5.41, 5.74) is 0.913. The van der Waals surface area contributed by atoms with E-state index in [2.05, 4.69) is 4.98 Å². The van der Waals surface area contributed by atoms with Crippen molar-refractivity contribution in [2.75, 3.05) is 0 Å². The lowest BCUT2D eigenvalue weighted by atomic mass is 9.97. The quantitative estimate of drug-likeness (QED) is 0.546. The van der Waals surface area contributed by atoms with Crippen LogP contribution in [0.1, 0.15) is 17.2 Å². The van der Waals surface area contributed by atoms with E-state index in [9.17, 15) is 14.5 Å². The second kappa shape index (κ2) is 5.77. The molecule has 6 heteroatoms. The highest BCUT2D eigenvalue weighted by Crippen LogP contribution is 2.30. The molecule has 5 nitrogen and oxygen atoms in total. The highest BCUT2D eigenvalue weighted by Gasteiger charge is 2.22. The Labute approximate surface area is 125 Å². The zero-order valence-corrected chi connectivity index (χ0v) is 11.5. The van der Waals surface area contributed by atoms with Gasteiger partial charge in [0.2, 0.25) is 0 Å². The number of rotatable bonds is 4. The van der Waals surface area contributed by atoms with E-state index in [1.807, 2.05) is 30.3 Å². The van der Waals surface area contributed by atoms with Crippen LogP contribution in [0.5, 0.6) is 0 Å². The Morgan fingerprint density at radius 1 is 1.18 bits per heavy atom. The largest absolute Gasteiger partial charge is 0.326 e. The molecule has 3 aromatic rings. The molecule has 0 saturated carbocycles. The van der Waals surface area contributed by atoms with Crippen LogP contribution in [-0.4, -0.2) is 14.5 Å². The molecule has 0 amide bonds. The van der Waals surface area contributed by atoms with E-state index in [4.69, 9.17) is 0 Å². The number of nitro groups is 1. The van der Waals surface area contributed by atoms with Gasteiger partial charge in [-0.1, -0.05) is 30.3 Å². The van der Waals surface area contributed by atoms with Crippen LogP contribution >= 0.6 is 0 Å². The smallest absolute Gasteiger partial charge is 0.270 e. The lowest BCUT2D eigenvalue weighted by molar-refractivity contribution is -0.385. The third-order valence-corrected chi connectivity index (χ3v) is 3.42. The molecule has 1 atom stereocenters. The standard InChI is InChI=1S/C16H12FN3O2/c17-15-7-6-13(20(21)22)10-14(15)16(19-9-8-18-11-19)12-4-2-1-3-5-12/h1-11,16H. The van der Waals surface area contributed by atoms with E-state index in [-0.39, 0.29) is 11.3 Å². The molecular weight excluding hydrogens is 285 g/mol. The third-order valence-electron chi connectivity index (χ3n) is 3.42. The number of non-ortho nitro benzene ring substituents is 1. The minimum atomic E-state index is -0.529. The van der Waals surface area contributed by atoms with Gasteiger partial charge in [-0.05, 0) is 11.6 Å². The van der Waals surface area contributed by atoms with E-state index in [1.165, 1.54) is 6.07 Å². The predicted octanol–water partition coefficient (Wildman–Crippen LogP) is 3.57. The van der Waals surface area contributed by atoms with Crippen LogP contribution in [0.3, 0.4) is 0 Å². The second-order valence-electron chi connectivity index (χ2n) is 4.79. The van der Waals surface area contributed by atoms with Crippen molar-refractivity contribution >= 4 is 5.69 Å². The Kier molecular flexibility index (Phi) is 3.65. The van der Waals surface area contributed by atoms with Gasteiger partial charge in [-0.3, -0.25) is 10.1 Å². The lowest BCUT2D eigenvalue weighted by Crippen LogP contribution is -2.12. The molecule has 0 aliphatic rings. The van der Waals surface area contributed by atoms with Gasteiger partial charge in [-0.25, -0.2) is 9.37 Å². The molecule has 22 heavy (non-hydrogen) atoms. The first-order valence-corrected chi connectivity index (χ1v) is 6.63. The summed E-state index contributed by atoms with van der Waals surface area (Å²) < 4.78 is 16.0. The summed E-state index contributed by atoms with van der Waals surface area (Å²) in [4.78, 5) is 14.4. The molecule has 1 heterocycles. The summed E-state index contributed by atoms with van der Waals surface area (Å²) in [5, 5.41) is 11.0. The molecule has 1 aromatic heterocycles. The summed E-state index contributed by atoms with van der Waals surface area (Å²) in [5.74, 6) is -0.492. The highest BCUT2D eigenvalue weighted by molar-refractivity contribution is 5.41. The second-order valence-corrected chi connectivity index (χ2v) is 4.79. The number of nitrogens with zero attached hydrogens (tertiary/aromatic N) is 3. The number of aromatic nitrogens is 2. The molecule has 110 valence electrons. The van der Waals surface area contributed by atoms with Crippen molar-refractivity contribution in [2.45, 2.75) is 6.04 Å². The number of benzene rings is 2. The average Bonchev–Trinajstić information content (AvgIpc) is 3.04. The van der Waals surface area contributed by atoms with Crippen LogP contribution in [0.2, 0.25) is 0 Å². The number of hydrogen-bond donors (Lipinski definition) is 0. The molecule has 0 saturated heterocycles. The van der Waals surface area contributed by atoms with Gasteiger partial charge in [-0.2, -0.15) is 0 Å². The number of imidazole rings is 1. The third kappa shape index (κ3) is 2.58. The van der Waals surface area contributed by atoms with Crippen LogP contribution in [0.4, 0.5) is 10.1 Å². The highest BCUT2D eigenvalue weighted by atomic mass is 19.1. The fourth-order valence-corrected chi connectivity index (χ4v) is 2.42. The van der Waals surface area contributed by atoms with Crippen LogP contribution in [-0.2, 0) is 0 Å². The van der Waals surface area contributed by atoms with Gasteiger partial charge in [0, 0.05) is 30.1 Å². The van der Waals surface area contributed by atoms with Crippen LogP contribution in [0, 0.1) is 15.9 Å². The van der Waals surface area contributed by atoms with Gasteiger partial charge in [0.05, 0.1) is 17.3 Å². The fourth-order valence-electron chi connectivity index (χ4n) is 2.42. The van der Waals surface area contributed by atoms with Crippen molar-refractivity contribution < 1.29 is 9.31 Å². The van der Waals surface area contributed by atoms with Gasteiger partial charge in [0.25, 0.3) is 5.69 Å². The molecule has 3 rings (SSSR count). The Morgan fingerprint density at radius 2 is 1.95 bits per heavy atom. The summed E-state index contributed by atoms with van der Waals surface area (Å²) >= 11 is 0. The van der Waals surface area contributed by atoms with E-state index in [0.29, 0.717) is 0 Å². The van der Waals surface area contributed by atoms with Gasteiger partial charge in [0.1, 0.15) is 5.82 Å². The molecular formula is C16H12FN3O2. The number of halogens is 1. The lowest BCUT2D eigenvalue weighted by Gasteiger charge is -2.20. The van der Waals surface area contributed by atoms with Gasteiger partial charge in [-0.15, -0.1) is 0 Å². The van der Waals surface area contributed by atoms with Crippen molar-refractivity contribution in [3.63, 3.8) is 0 Å². The maximum absolute atomic E-state index is 14.3. The Morgan fingerprint density at radius 3 is 2.59 bits per heavy atom. The molecule has 0 radical (unpaired) electrons. The number of hydrogen-bond acceptors (Lipinski definition) is 3. The Balaban J connectivity index is 2.19. The molecule has 0 bridgehead atoms. The molecule has 0 aliphatic heterocycles. The minimum Gasteiger partial charge on any atom is -0.326 e. The topological polar surface area (TPSA) is 61.0 Å². The SMILES string of the molecule is O=[N+]([O-])c1ccc(F)c(C(c2ccccc2)n2ccnc2)c1. The van der Waals surface area contributed by atoms with Crippen molar-refractivity contribution in [1.29, 1.82) is 0 Å². The maximum Gasteiger partial charge on any atom is 0.270 e. The molecule has 0 fully saturated rings. The van der Waals surface area contributed by atoms with Crippen molar-refractivity contribution in [1.82, 2.24) is 9.55 Å². The first-order valence-electron chi connectivity index (χ1n) is 6.63. The van der Waals surface area contributed by atoms with E-state index in [1.54, 1.807) is 23.3 Å². The van der Waals surface area contributed by atoms with Crippen LogP contribution in [0.15, 0.2) is 67.3 Å². The predicted molar refractivity (Wildman–Crippen MR) is 79.0 cm³/mol. The number of nitro benzene ring substituents is 1. The zero-order valence-electron chi connectivity index (χ0n) is 11.5. The summed E-state index contributed by atoms with van der Waals surface area (Å²) in [6.45, 7) is 0. The Bertz CT molecular complexity index is 788. The molecule has 2 aromatic carbocycles. The van der Waals surface area contributed by atoms with Crippen molar-refractivity contribution in [2.24, 2.45) is 0 Å². The summed E-state index contributed by atoms with van der Waals surface area (Å²) in [6.07, 6.45) is 4.86. The molecule has 0 spiro atoms. The first-order chi connectivity index (χ1) is 10.7. The van der Waals surface area contributed by atoms with Crippen LogP contribution < -0.4 is 0 Å². The summed E-state index contributed by atoms with van der Waals surface area (Å²) in [7, 11) is 0. The molecule has 1 unspecified atom stereocenters. The van der Waals surface area contributed by atoms with E-state index in [0.717, 1.165) is 17.7 Å².